The molecule has 110 valence electrons. The fraction of sp³-hybridized carbons (Fsp3) is 0.556. The van der Waals surface area contributed by atoms with Gasteiger partial charge in [-0.25, -0.2) is 8.42 Å². The van der Waals surface area contributed by atoms with Gasteiger partial charge in [0.1, 0.15) is 0 Å². The van der Waals surface area contributed by atoms with E-state index in [0.717, 1.165) is 24.7 Å². The van der Waals surface area contributed by atoms with E-state index in [9.17, 15) is 8.42 Å². The monoisotopic (exact) mass is 300 g/mol. The first-order valence-electron chi connectivity index (χ1n) is 8.19. The number of hydrogen-bond donors (Lipinski definition) is 0. The minimum absolute atomic E-state index is 0.150. The Hall–Kier alpha value is -1.09. The highest BCUT2D eigenvalue weighted by molar-refractivity contribution is 7.92. The van der Waals surface area contributed by atoms with E-state index in [0.29, 0.717) is 16.7 Å². The summed E-state index contributed by atoms with van der Waals surface area (Å²) in [6.45, 7) is 0. The SMILES string of the molecule is O=S(=O)(c1ccccc1)[C@H]1C[C@@H]2C[C@@H]1C1=C2[C@@H]2CC[C@@H]1C2. The van der Waals surface area contributed by atoms with Crippen molar-refractivity contribution in [1.82, 2.24) is 0 Å². The van der Waals surface area contributed by atoms with E-state index in [-0.39, 0.29) is 5.25 Å². The molecule has 0 aromatic heterocycles. The number of fused-ring (bicyclic) bond motifs is 8. The van der Waals surface area contributed by atoms with Crippen LogP contribution < -0.4 is 0 Å². The van der Waals surface area contributed by atoms with Crippen molar-refractivity contribution in [3.05, 3.63) is 41.5 Å². The van der Waals surface area contributed by atoms with Crippen LogP contribution in [0.2, 0.25) is 0 Å². The molecule has 0 aliphatic heterocycles. The van der Waals surface area contributed by atoms with E-state index >= 15 is 0 Å². The fourth-order valence-corrected chi connectivity index (χ4v) is 7.87. The summed E-state index contributed by atoms with van der Waals surface area (Å²) < 4.78 is 26.0. The molecule has 4 bridgehead atoms. The van der Waals surface area contributed by atoms with Gasteiger partial charge < -0.3 is 0 Å². The maximum atomic E-state index is 13.0. The molecule has 0 radical (unpaired) electrons. The number of benzene rings is 1. The van der Waals surface area contributed by atoms with Gasteiger partial charge in [-0.05, 0) is 67.9 Å². The highest BCUT2D eigenvalue weighted by Gasteiger charge is 2.57. The van der Waals surface area contributed by atoms with Gasteiger partial charge in [0, 0.05) is 0 Å². The lowest BCUT2D eigenvalue weighted by Gasteiger charge is -2.29. The minimum Gasteiger partial charge on any atom is -0.223 e. The van der Waals surface area contributed by atoms with Crippen LogP contribution in [0.15, 0.2) is 46.4 Å². The fourth-order valence-electron chi connectivity index (χ4n) is 5.81. The van der Waals surface area contributed by atoms with Gasteiger partial charge in [-0.3, -0.25) is 0 Å². The standard InChI is InChI=1S/C18H20O2S/c19-21(20,14-4-2-1-3-5-14)16-10-13-9-15(16)18-12-7-6-11(8-12)17(13)18/h1-5,11-13,15-16H,6-10H2/t11-,12-,13+,15+,16+/m1/s1. The van der Waals surface area contributed by atoms with Crippen molar-refractivity contribution in [3.8, 4) is 0 Å². The number of sulfone groups is 1. The van der Waals surface area contributed by atoms with Crippen LogP contribution in [0.1, 0.15) is 32.1 Å². The molecule has 0 amide bonds. The van der Waals surface area contributed by atoms with Crippen LogP contribution in [0.5, 0.6) is 0 Å². The van der Waals surface area contributed by atoms with Crippen molar-refractivity contribution >= 4 is 9.84 Å². The molecule has 2 saturated carbocycles. The zero-order chi connectivity index (χ0) is 14.2. The Morgan fingerprint density at radius 3 is 2.29 bits per heavy atom. The Balaban J connectivity index is 1.56. The molecule has 0 heterocycles. The quantitative estimate of drug-likeness (QED) is 0.618. The van der Waals surface area contributed by atoms with E-state index in [1.165, 1.54) is 19.3 Å². The molecular weight excluding hydrogens is 280 g/mol. The average molecular weight is 300 g/mol. The van der Waals surface area contributed by atoms with Crippen LogP contribution in [0.3, 0.4) is 0 Å². The predicted molar refractivity (Wildman–Crippen MR) is 81.5 cm³/mol. The Morgan fingerprint density at radius 2 is 1.52 bits per heavy atom. The maximum Gasteiger partial charge on any atom is 0.181 e. The summed E-state index contributed by atoms with van der Waals surface area (Å²) >= 11 is 0. The van der Waals surface area contributed by atoms with E-state index in [1.807, 2.05) is 18.2 Å². The average Bonchev–Trinajstić information content (AvgIpc) is 3.26. The summed E-state index contributed by atoms with van der Waals surface area (Å²) in [4.78, 5) is 0.521. The van der Waals surface area contributed by atoms with Crippen molar-refractivity contribution in [1.29, 1.82) is 0 Å². The van der Waals surface area contributed by atoms with E-state index in [4.69, 9.17) is 0 Å². The Kier molecular flexibility index (Phi) is 2.38. The van der Waals surface area contributed by atoms with Crippen LogP contribution in [0.25, 0.3) is 0 Å². The Labute approximate surface area is 126 Å². The topological polar surface area (TPSA) is 34.1 Å². The third-order valence-corrected chi connectivity index (χ3v) is 8.71. The predicted octanol–water partition coefficient (Wildman–Crippen LogP) is 3.60. The highest BCUT2D eigenvalue weighted by atomic mass is 32.2. The van der Waals surface area contributed by atoms with E-state index < -0.39 is 9.84 Å². The summed E-state index contributed by atoms with van der Waals surface area (Å²) in [7, 11) is -3.16. The van der Waals surface area contributed by atoms with Gasteiger partial charge in [-0.2, -0.15) is 0 Å². The molecule has 3 heteroatoms. The lowest BCUT2D eigenvalue weighted by molar-refractivity contribution is 0.507. The maximum absolute atomic E-state index is 13.0. The van der Waals surface area contributed by atoms with Gasteiger partial charge in [0.25, 0.3) is 0 Å². The van der Waals surface area contributed by atoms with Gasteiger partial charge in [-0.15, -0.1) is 0 Å². The summed E-state index contributed by atoms with van der Waals surface area (Å²) in [6, 6.07) is 9.08. The largest absolute Gasteiger partial charge is 0.223 e. The summed E-state index contributed by atoms with van der Waals surface area (Å²) in [6.07, 6.45) is 6.00. The van der Waals surface area contributed by atoms with Crippen molar-refractivity contribution in [3.63, 3.8) is 0 Å². The zero-order valence-corrected chi connectivity index (χ0v) is 12.9. The molecule has 2 nitrogen and oxygen atoms in total. The first kappa shape index (κ1) is 12.5. The van der Waals surface area contributed by atoms with Gasteiger partial charge in [-0.1, -0.05) is 29.3 Å². The van der Waals surface area contributed by atoms with Gasteiger partial charge >= 0.3 is 0 Å². The second kappa shape index (κ2) is 4.01. The Morgan fingerprint density at radius 1 is 0.810 bits per heavy atom. The third-order valence-electron chi connectivity index (χ3n) is 6.46. The smallest absolute Gasteiger partial charge is 0.181 e. The van der Waals surface area contributed by atoms with Crippen molar-refractivity contribution in [2.45, 2.75) is 42.2 Å². The van der Waals surface area contributed by atoms with Gasteiger partial charge in [0.05, 0.1) is 10.1 Å². The molecule has 4 aliphatic carbocycles. The molecule has 0 saturated heterocycles. The lowest BCUT2D eigenvalue weighted by atomic mass is 9.82. The first-order valence-corrected chi connectivity index (χ1v) is 9.73. The van der Waals surface area contributed by atoms with Crippen LogP contribution in [-0.2, 0) is 9.84 Å². The Bertz CT molecular complexity index is 732. The van der Waals surface area contributed by atoms with Gasteiger partial charge in [0.2, 0.25) is 0 Å². The van der Waals surface area contributed by atoms with Crippen molar-refractivity contribution in [2.75, 3.05) is 0 Å². The molecule has 1 aromatic rings. The summed E-state index contributed by atoms with van der Waals surface area (Å²) in [5.41, 5.74) is 3.32. The number of rotatable bonds is 2. The van der Waals surface area contributed by atoms with Crippen molar-refractivity contribution in [2.24, 2.45) is 23.7 Å². The van der Waals surface area contributed by atoms with Crippen molar-refractivity contribution < 1.29 is 8.42 Å². The zero-order valence-electron chi connectivity index (χ0n) is 12.0. The molecule has 0 spiro atoms. The lowest BCUT2D eigenvalue weighted by Crippen LogP contribution is -2.30. The molecule has 1 aromatic carbocycles. The second-order valence-corrected chi connectivity index (χ2v) is 9.46. The molecule has 5 rings (SSSR count). The van der Waals surface area contributed by atoms with E-state index in [1.54, 1.807) is 23.3 Å². The summed E-state index contributed by atoms with van der Waals surface area (Å²) in [5.74, 6) is 2.48. The second-order valence-electron chi connectivity index (χ2n) is 7.29. The molecule has 0 unspecified atom stereocenters. The molecule has 4 aliphatic rings. The first-order chi connectivity index (χ1) is 10.2. The number of allylic oxidation sites excluding steroid dienone is 2. The molecule has 0 N–H and O–H groups in total. The van der Waals surface area contributed by atoms with Crippen LogP contribution in [0.4, 0.5) is 0 Å². The normalized spacial score (nSPS) is 40.1. The van der Waals surface area contributed by atoms with Crippen LogP contribution >= 0.6 is 0 Å². The van der Waals surface area contributed by atoms with Gasteiger partial charge in [0.15, 0.2) is 9.84 Å². The van der Waals surface area contributed by atoms with Crippen LogP contribution in [-0.4, -0.2) is 13.7 Å². The number of hydrogen-bond acceptors (Lipinski definition) is 2. The summed E-state index contributed by atoms with van der Waals surface area (Å²) in [5, 5.41) is -0.150. The molecule has 5 atom stereocenters. The van der Waals surface area contributed by atoms with E-state index in [2.05, 4.69) is 0 Å². The molecule has 21 heavy (non-hydrogen) atoms. The minimum atomic E-state index is -3.16. The molecular formula is C18H20O2S. The molecule has 2 fully saturated rings. The van der Waals surface area contributed by atoms with Crippen LogP contribution in [0, 0.1) is 23.7 Å². The third kappa shape index (κ3) is 1.51. The highest BCUT2D eigenvalue weighted by Crippen LogP contribution is 2.64.